The van der Waals surface area contributed by atoms with Crippen LogP contribution in [-0.4, -0.2) is 72.0 Å². The summed E-state index contributed by atoms with van der Waals surface area (Å²) in [6.07, 6.45) is 3.56. The van der Waals surface area contributed by atoms with Gasteiger partial charge >= 0.3 is 7.12 Å². The largest absolute Gasteiger partial charge is 0.508 e. The van der Waals surface area contributed by atoms with Gasteiger partial charge in [-0.3, -0.25) is 19.1 Å². The number of carbonyl (C=O) groups is 2. The van der Waals surface area contributed by atoms with Crippen molar-refractivity contribution in [3.05, 3.63) is 60.2 Å². The van der Waals surface area contributed by atoms with E-state index in [2.05, 4.69) is 15.6 Å². The van der Waals surface area contributed by atoms with E-state index in [4.69, 9.17) is 16.0 Å². The topological polar surface area (TPSA) is 238 Å². The Morgan fingerprint density at radius 1 is 1.00 bits per heavy atom. The van der Waals surface area contributed by atoms with E-state index >= 15 is 0 Å². The minimum absolute atomic E-state index is 0.0565. The molecule has 1 atom stereocenters. The van der Waals surface area contributed by atoms with Gasteiger partial charge in [-0.15, -0.1) is 0 Å². The number of amides is 2. The highest BCUT2D eigenvalue weighted by Gasteiger charge is 2.48. The zero-order chi connectivity index (χ0) is 30.5. The molecule has 2 amide bonds. The molecule has 1 fully saturated rings. The molecule has 1 aliphatic rings. The Kier molecular flexibility index (Phi) is 13.1. The molecule has 15 heteroatoms. The van der Waals surface area contributed by atoms with Crippen LogP contribution >= 0.6 is 0 Å². The van der Waals surface area contributed by atoms with Gasteiger partial charge in [-0.05, 0) is 61.9 Å². The fourth-order valence-electron chi connectivity index (χ4n) is 4.40. The van der Waals surface area contributed by atoms with Crippen molar-refractivity contribution in [2.45, 2.75) is 55.8 Å². The molecule has 10 N–H and O–H groups in total. The lowest BCUT2D eigenvalue weighted by molar-refractivity contribution is -0.143. The molecule has 2 aromatic carbocycles. The highest BCUT2D eigenvalue weighted by Crippen LogP contribution is 2.39. The summed E-state index contributed by atoms with van der Waals surface area (Å²) in [6, 6.07) is 14.1. The van der Waals surface area contributed by atoms with Crippen molar-refractivity contribution in [1.82, 2.24) is 10.6 Å². The molecule has 2 aromatic rings. The van der Waals surface area contributed by atoms with Crippen molar-refractivity contribution >= 4 is 35.0 Å². The van der Waals surface area contributed by atoms with Crippen LogP contribution in [0, 0.1) is 5.41 Å². The summed E-state index contributed by atoms with van der Waals surface area (Å²) < 4.78 is 29.2. The molecule has 3 rings (SSSR count). The van der Waals surface area contributed by atoms with Crippen molar-refractivity contribution in [3.8, 4) is 5.75 Å². The third kappa shape index (κ3) is 11.0. The number of phenols is 1. The molecule has 224 valence electrons. The van der Waals surface area contributed by atoms with Gasteiger partial charge in [-0.2, -0.15) is 8.42 Å². The second-order valence-electron chi connectivity index (χ2n) is 9.69. The van der Waals surface area contributed by atoms with E-state index in [9.17, 15) is 33.2 Å². The first-order chi connectivity index (χ1) is 19.3. The number of rotatable bonds is 12. The molecule has 0 radical (unpaired) electrons. The molecule has 0 aromatic heterocycles. The zero-order valence-corrected chi connectivity index (χ0v) is 23.5. The lowest BCUT2D eigenvalue weighted by Gasteiger charge is -2.29. The van der Waals surface area contributed by atoms with Crippen LogP contribution in [-0.2, 0) is 26.1 Å². The van der Waals surface area contributed by atoms with E-state index < -0.39 is 34.5 Å². The van der Waals surface area contributed by atoms with Crippen LogP contribution in [0.4, 0.5) is 0 Å². The number of benzene rings is 2. The summed E-state index contributed by atoms with van der Waals surface area (Å²) in [5.41, 5.74) is 10.3. The number of aromatic hydroxyl groups is 1. The Balaban J connectivity index is 0.000000493. The third-order valence-electron chi connectivity index (χ3n) is 6.65. The van der Waals surface area contributed by atoms with Crippen molar-refractivity contribution in [2.24, 2.45) is 21.9 Å². The molecule has 0 bridgehead atoms. The summed E-state index contributed by atoms with van der Waals surface area (Å²) in [5.74, 6) is -1.66. The van der Waals surface area contributed by atoms with Crippen molar-refractivity contribution < 1.29 is 37.7 Å². The van der Waals surface area contributed by atoms with Gasteiger partial charge in [-0.1, -0.05) is 43.2 Å². The van der Waals surface area contributed by atoms with Gasteiger partial charge in [0.1, 0.15) is 11.2 Å². The van der Waals surface area contributed by atoms with E-state index in [1.807, 2.05) is 0 Å². The second kappa shape index (κ2) is 16.0. The van der Waals surface area contributed by atoms with E-state index in [0.29, 0.717) is 38.8 Å². The number of aliphatic imine (C=N–C) groups is 1. The molecule has 0 saturated heterocycles. The number of nitrogens with two attached hydrogens (primary N) is 2. The highest BCUT2D eigenvalue weighted by atomic mass is 32.2. The lowest BCUT2D eigenvalue weighted by atomic mass is 9.75. The number of phenolic OH excluding ortho intramolecular Hbond substituents is 1. The van der Waals surface area contributed by atoms with Crippen molar-refractivity contribution in [1.29, 1.82) is 0 Å². The van der Waals surface area contributed by atoms with Crippen LogP contribution in [0.5, 0.6) is 5.75 Å². The molecule has 13 nitrogen and oxygen atoms in total. The lowest BCUT2D eigenvalue weighted by Crippen LogP contribution is -2.56. The number of guanidine groups is 1. The van der Waals surface area contributed by atoms with Crippen LogP contribution in [0.25, 0.3) is 0 Å². The summed E-state index contributed by atoms with van der Waals surface area (Å²) in [4.78, 5) is 29.8. The summed E-state index contributed by atoms with van der Waals surface area (Å²) in [6.45, 7) is 0.646. The zero-order valence-electron chi connectivity index (χ0n) is 22.6. The molecular formula is C26H38BN5O8S. The summed E-state index contributed by atoms with van der Waals surface area (Å²) in [7, 11) is -5.77. The van der Waals surface area contributed by atoms with E-state index in [1.165, 1.54) is 12.1 Å². The van der Waals surface area contributed by atoms with Gasteiger partial charge in [-0.25, -0.2) is 0 Å². The predicted molar refractivity (Wildman–Crippen MR) is 154 cm³/mol. The summed E-state index contributed by atoms with van der Waals surface area (Å²) in [5, 5.41) is 34.2. The molecule has 0 heterocycles. The minimum atomic E-state index is -4.00. The van der Waals surface area contributed by atoms with Crippen molar-refractivity contribution in [3.63, 3.8) is 0 Å². The first kappa shape index (κ1) is 33.6. The normalized spacial score (nSPS) is 14.6. The monoisotopic (exact) mass is 591 g/mol. The van der Waals surface area contributed by atoms with Crippen molar-refractivity contribution in [2.75, 3.05) is 13.1 Å². The minimum Gasteiger partial charge on any atom is -0.508 e. The smallest absolute Gasteiger partial charge is 0.475 e. The predicted octanol–water partition coefficient (Wildman–Crippen LogP) is 0.0950. The van der Waals surface area contributed by atoms with Gasteiger partial charge in [0.2, 0.25) is 11.8 Å². The van der Waals surface area contributed by atoms with Crippen LogP contribution in [0.1, 0.15) is 44.1 Å². The molecule has 0 aliphatic heterocycles. The van der Waals surface area contributed by atoms with Crippen LogP contribution in [0.15, 0.2) is 64.5 Å². The van der Waals surface area contributed by atoms with Gasteiger partial charge in [0.05, 0.1) is 10.8 Å². The maximum Gasteiger partial charge on any atom is 0.475 e. The molecule has 1 unspecified atom stereocenters. The Hall–Kier alpha value is -3.66. The Morgan fingerprint density at radius 2 is 1.61 bits per heavy atom. The molecule has 41 heavy (non-hydrogen) atoms. The fraction of sp³-hybridized carbons (Fsp3) is 0.423. The van der Waals surface area contributed by atoms with E-state index in [1.54, 1.807) is 42.5 Å². The fourth-order valence-corrected chi connectivity index (χ4v) is 4.90. The third-order valence-corrected chi connectivity index (χ3v) is 7.51. The molecule has 1 aliphatic carbocycles. The van der Waals surface area contributed by atoms with E-state index in [-0.39, 0.29) is 28.9 Å². The number of hydrogen-bond donors (Lipinski definition) is 8. The average Bonchev–Trinajstić information content (AvgIpc) is 3.43. The van der Waals surface area contributed by atoms with Gasteiger partial charge in [0.25, 0.3) is 10.1 Å². The van der Waals surface area contributed by atoms with Gasteiger partial charge in [0.15, 0.2) is 5.96 Å². The second-order valence-corrected chi connectivity index (χ2v) is 11.1. The molecule has 1 saturated carbocycles. The van der Waals surface area contributed by atoms with E-state index in [0.717, 1.165) is 18.4 Å². The number of carbonyl (C=O) groups excluding carboxylic acids is 2. The maximum absolute atomic E-state index is 13.0. The number of hydrogen-bond acceptors (Lipinski definition) is 8. The highest BCUT2D eigenvalue weighted by molar-refractivity contribution is 7.85. The molecular weight excluding hydrogens is 553 g/mol. The van der Waals surface area contributed by atoms with Crippen LogP contribution in [0.2, 0.25) is 0 Å². The Bertz CT molecular complexity index is 1250. The number of nitrogens with one attached hydrogen (secondary N) is 2. The number of nitrogens with zero attached hydrogens (tertiary/aromatic N) is 1. The average molecular weight is 591 g/mol. The van der Waals surface area contributed by atoms with Crippen LogP contribution < -0.4 is 22.1 Å². The SMILES string of the molecule is NC(N)=NCCCC(NC(=O)C1(C(=O)NCCc2ccc(O)cc2)CCCC1)B(O)O.O=S(=O)(O)c1ccccc1. The first-order valence-corrected chi connectivity index (χ1v) is 14.6. The molecule has 0 spiro atoms. The van der Waals surface area contributed by atoms with Crippen LogP contribution in [0.3, 0.4) is 0 Å². The Morgan fingerprint density at radius 3 is 2.12 bits per heavy atom. The summed E-state index contributed by atoms with van der Waals surface area (Å²) >= 11 is 0. The van der Waals surface area contributed by atoms with Gasteiger partial charge < -0.3 is 37.3 Å². The Labute approximate surface area is 239 Å². The quantitative estimate of drug-likeness (QED) is 0.0413. The first-order valence-electron chi connectivity index (χ1n) is 13.2. The maximum atomic E-state index is 13.0. The van der Waals surface area contributed by atoms with Gasteiger partial charge in [0, 0.05) is 13.1 Å². The standard InChI is InChI=1S/C20H32BN5O5.C6H6O3S/c22-19(23)25-12-3-4-16(21(30)31)26-18(29)20(10-1-2-11-20)17(28)24-13-9-14-5-7-15(27)8-6-14;7-10(8,9)6-4-2-1-3-5-6/h5-8,16,27,30-31H,1-4,9-13H2,(H,24,28)(H,26,29)(H4,22,23,25);1-5H,(H,7,8,9).